The van der Waals surface area contributed by atoms with Gasteiger partial charge in [0, 0.05) is 29.1 Å². The van der Waals surface area contributed by atoms with Gasteiger partial charge in [-0.15, -0.1) is 0 Å². The van der Waals surface area contributed by atoms with Crippen LogP contribution >= 0.6 is 23.2 Å². The minimum atomic E-state index is -4.32. The van der Waals surface area contributed by atoms with Crippen LogP contribution in [0.5, 0.6) is 5.75 Å². The van der Waals surface area contributed by atoms with Crippen LogP contribution in [0.15, 0.2) is 108 Å². The Labute approximate surface area is 292 Å². The summed E-state index contributed by atoms with van der Waals surface area (Å²) in [5.41, 5.74) is 1.56. The quantitative estimate of drug-likeness (QED) is 0.158. The van der Waals surface area contributed by atoms with Crippen LogP contribution in [-0.2, 0) is 32.6 Å². The number of halogens is 2. The van der Waals surface area contributed by atoms with Gasteiger partial charge in [-0.2, -0.15) is 0 Å². The molecule has 0 radical (unpaired) electrons. The lowest BCUT2D eigenvalue weighted by Gasteiger charge is -2.35. The standard InChI is InChI=1S/C37H39Cl2N3O5S/c1-47-35-22-21-29(38)24-33(35)42(48(45,46)31-18-9-4-10-19-31)26-36(43)41(25-28-15-11-12-20-32(28)39)34(23-27-13-5-2-6-14-27)37(44)40-30-16-7-3-8-17-30/h2,4-6,9-15,18-22,24,30,34H,3,7-8,16-17,23,25-26H2,1H3,(H,40,44)/t34-/m0/s1. The van der Waals surface area contributed by atoms with Gasteiger partial charge in [-0.05, 0) is 60.4 Å². The molecule has 0 heterocycles. The van der Waals surface area contributed by atoms with Crippen molar-refractivity contribution >= 4 is 50.7 Å². The van der Waals surface area contributed by atoms with E-state index in [2.05, 4.69) is 5.32 Å². The molecule has 0 bridgehead atoms. The van der Waals surface area contributed by atoms with Gasteiger partial charge >= 0.3 is 0 Å². The lowest BCUT2D eigenvalue weighted by atomic mass is 9.94. The molecule has 1 fully saturated rings. The van der Waals surface area contributed by atoms with Gasteiger partial charge in [0.2, 0.25) is 11.8 Å². The molecule has 1 aliphatic rings. The van der Waals surface area contributed by atoms with E-state index >= 15 is 0 Å². The Morgan fingerprint density at radius 3 is 2.19 bits per heavy atom. The van der Waals surface area contributed by atoms with E-state index in [9.17, 15) is 18.0 Å². The van der Waals surface area contributed by atoms with Gasteiger partial charge in [0.25, 0.3) is 10.0 Å². The van der Waals surface area contributed by atoms with E-state index in [-0.39, 0.29) is 46.3 Å². The van der Waals surface area contributed by atoms with Crippen molar-refractivity contribution in [3.8, 4) is 5.75 Å². The molecular weight excluding hydrogens is 669 g/mol. The molecule has 5 rings (SSSR count). The fourth-order valence-electron chi connectivity index (χ4n) is 6.00. The first-order valence-electron chi connectivity index (χ1n) is 16.0. The van der Waals surface area contributed by atoms with Crippen molar-refractivity contribution < 1.29 is 22.7 Å². The summed E-state index contributed by atoms with van der Waals surface area (Å²) in [6.07, 6.45) is 5.09. The lowest BCUT2D eigenvalue weighted by Crippen LogP contribution is -2.55. The first-order chi connectivity index (χ1) is 23.2. The topological polar surface area (TPSA) is 96.0 Å². The summed E-state index contributed by atoms with van der Waals surface area (Å²) >= 11 is 13.0. The molecule has 1 N–H and O–H groups in total. The number of carbonyl (C=O) groups is 2. The van der Waals surface area contributed by atoms with E-state index in [0.29, 0.717) is 10.6 Å². The number of rotatable bonds is 13. The predicted octanol–water partition coefficient (Wildman–Crippen LogP) is 7.29. The summed E-state index contributed by atoms with van der Waals surface area (Å²) in [5, 5.41) is 3.89. The van der Waals surface area contributed by atoms with E-state index in [4.69, 9.17) is 27.9 Å². The fourth-order valence-corrected chi connectivity index (χ4v) is 7.80. The summed E-state index contributed by atoms with van der Waals surface area (Å²) in [6, 6.07) is 28.0. The number of hydrogen-bond donors (Lipinski definition) is 1. The van der Waals surface area contributed by atoms with Crippen LogP contribution in [0.1, 0.15) is 43.2 Å². The van der Waals surface area contributed by atoms with Crippen molar-refractivity contribution in [3.05, 3.63) is 124 Å². The first kappa shape index (κ1) is 35.3. The van der Waals surface area contributed by atoms with Gasteiger partial charge in [0.15, 0.2) is 0 Å². The second-order valence-corrected chi connectivity index (χ2v) is 14.5. The Morgan fingerprint density at radius 1 is 0.875 bits per heavy atom. The molecule has 4 aromatic rings. The fraction of sp³-hybridized carbons (Fsp3) is 0.297. The van der Waals surface area contributed by atoms with Crippen molar-refractivity contribution in [2.45, 2.75) is 62.0 Å². The summed E-state index contributed by atoms with van der Waals surface area (Å²) in [5.74, 6) is -0.694. The zero-order chi connectivity index (χ0) is 34.1. The van der Waals surface area contributed by atoms with Crippen molar-refractivity contribution in [1.82, 2.24) is 10.2 Å². The molecule has 0 aromatic heterocycles. The van der Waals surface area contributed by atoms with E-state index in [1.54, 1.807) is 54.6 Å². The molecule has 2 amide bonds. The highest BCUT2D eigenvalue weighted by molar-refractivity contribution is 7.92. The first-order valence-corrected chi connectivity index (χ1v) is 18.2. The normalized spacial score (nSPS) is 14.1. The zero-order valence-corrected chi connectivity index (χ0v) is 29.1. The number of nitrogens with zero attached hydrogens (tertiary/aromatic N) is 2. The van der Waals surface area contributed by atoms with Crippen LogP contribution in [-0.4, -0.2) is 50.9 Å². The van der Waals surface area contributed by atoms with Gasteiger partial charge in [-0.1, -0.05) is 109 Å². The van der Waals surface area contributed by atoms with E-state index in [1.165, 1.54) is 30.2 Å². The van der Waals surface area contributed by atoms with E-state index in [0.717, 1.165) is 42.0 Å². The minimum absolute atomic E-state index is 0.00697. The van der Waals surface area contributed by atoms with Gasteiger partial charge < -0.3 is 15.0 Å². The Morgan fingerprint density at radius 2 is 1.52 bits per heavy atom. The zero-order valence-electron chi connectivity index (χ0n) is 26.7. The van der Waals surface area contributed by atoms with Crippen LogP contribution in [0.25, 0.3) is 0 Å². The third-order valence-electron chi connectivity index (χ3n) is 8.54. The molecule has 11 heteroatoms. The SMILES string of the molecule is COc1ccc(Cl)cc1N(CC(=O)N(Cc1ccccc1Cl)[C@@H](Cc1ccccc1)C(=O)NC1CCCCC1)S(=O)(=O)c1ccccc1. The Kier molecular flexibility index (Phi) is 12.0. The molecule has 48 heavy (non-hydrogen) atoms. The Bertz CT molecular complexity index is 1800. The van der Waals surface area contributed by atoms with Crippen LogP contribution < -0.4 is 14.4 Å². The average molecular weight is 709 g/mol. The van der Waals surface area contributed by atoms with Gasteiger partial charge in [0.05, 0.1) is 17.7 Å². The van der Waals surface area contributed by atoms with Crippen molar-refractivity contribution in [2.75, 3.05) is 18.0 Å². The smallest absolute Gasteiger partial charge is 0.264 e. The molecular formula is C37H39Cl2N3O5S. The molecule has 1 atom stereocenters. The van der Waals surface area contributed by atoms with Crippen LogP contribution in [0.4, 0.5) is 5.69 Å². The predicted molar refractivity (Wildman–Crippen MR) is 190 cm³/mol. The van der Waals surface area contributed by atoms with Crippen LogP contribution in [0, 0.1) is 0 Å². The second-order valence-electron chi connectivity index (χ2n) is 11.8. The number of benzene rings is 4. The van der Waals surface area contributed by atoms with Gasteiger partial charge in [-0.25, -0.2) is 8.42 Å². The molecule has 252 valence electrons. The van der Waals surface area contributed by atoms with Crippen molar-refractivity contribution in [1.29, 1.82) is 0 Å². The summed E-state index contributed by atoms with van der Waals surface area (Å²) in [7, 11) is -2.91. The number of hydrogen-bond acceptors (Lipinski definition) is 5. The van der Waals surface area contributed by atoms with Crippen molar-refractivity contribution in [2.24, 2.45) is 0 Å². The second kappa shape index (κ2) is 16.4. The molecule has 1 aliphatic carbocycles. The number of sulfonamides is 1. The maximum Gasteiger partial charge on any atom is 0.264 e. The number of carbonyl (C=O) groups excluding carboxylic acids is 2. The third kappa shape index (κ3) is 8.69. The van der Waals surface area contributed by atoms with Crippen molar-refractivity contribution in [3.63, 3.8) is 0 Å². The number of ether oxygens (including phenoxy) is 1. The van der Waals surface area contributed by atoms with E-state index < -0.39 is 28.5 Å². The third-order valence-corrected chi connectivity index (χ3v) is 10.9. The molecule has 4 aromatic carbocycles. The molecule has 8 nitrogen and oxygen atoms in total. The Balaban J connectivity index is 1.60. The molecule has 0 aliphatic heterocycles. The lowest BCUT2D eigenvalue weighted by molar-refractivity contribution is -0.140. The highest BCUT2D eigenvalue weighted by atomic mass is 35.5. The number of methoxy groups -OCH3 is 1. The molecule has 0 unspecified atom stereocenters. The maximum atomic E-state index is 14.8. The minimum Gasteiger partial charge on any atom is -0.495 e. The number of nitrogens with one attached hydrogen (secondary N) is 1. The summed E-state index contributed by atoms with van der Waals surface area (Å²) in [6.45, 7) is -0.666. The van der Waals surface area contributed by atoms with Crippen LogP contribution in [0.3, 0.4) is 0 Å². The maximum absolute atomic E-state index is 14.8. The highest BCUT2D eigenvalue weighted by Crippen LogP contribution is 2.35. The summed E-state index contributed by atoms with van der Waals surface area (Å²) in [4.78, 5) is 30.4. The van der Waals surface area contributed by atoms with E-state index in [1.807, 2.05) is 30.3 Å². The molecule has 0 spiro atoms. The average Bonchev–Trinajstić information content (AvgIpc) is 3.10. The molecule has 0 saturated heterocycles. The van der Waals surface area contributed by atoms with Gasteiger partial charge in [-0.3, -0.25) is 13.9 Å². The Hall–Kier alpha value is -4.05. The largest absolute Gasteiger partial charge is 0.495 e. The molecule has 1 saturated carbocycles. The number of anilines is 1. The number of amides is 2. The van der Waals surface area contributed by atoms with Gasteiger partial charge in [0.1, 0.15) is 18.3 Å². The highest BCUT2D eigenvalue weighted by Gasteiger charge is 2.36. The van der Waals surface area contributed by atoms with Crippen LogP contribution in [0.2, 0.25) is 10.0 Å². The summed E-state index contributed by atoms with van der Waals surface area (Å²) < 4.78 is 35.1. The monoisotopic (exact) mass is 707 g/mol.